The van der Waals surface area contributed by atoms with E-state index in [2.05, 4.69) is 51.4 Å². The summed E-state index contributed by atoms with van der Waals surface area (Å²) >= 11 is 0. The Morgan fingerprint density at radius 1 is 1.12 bits per heavy atom. The number of hydrogen-bond acceptors (Lipinski definition) is 9. The lowest BCUT2D eigenvalue weighted by Crippen LogP contribution is -2.50. The van der Waals surface area contributed by atoms with E-state index in [0.29, 0.717) is 24.9 Å². The van der Waals surface area contributed by atoms with Gasteiger partial charge in [-0.1, -0.05) is 31.2 Å². The average Bonchev–Trinajstić information content (AvgIpc) is 3.15. The molecule has 2 aliphatic rings. The fourth-order valence-corrected chi connectivity index (χ4v) is 5.18. The van der Waals surface area contributed by atoms with E-state index in [0.717, 1.165) is 25.1 Å². The van der Waals surface area contributed by atoms with Crippen molar-refractivity contribution in [2.45, 2.75) is 78.1 Å². The number of aromatic nitrogens is 2. The Balaban J connectivity index is 1.40. The Hall–Kier alpha value is -3.60. The zero-order valence-electron chi connectivity index (χ0n) is 24.7. The van der Waals surface area contributed by atoms with Crippen LogP contribution in [-0.2, 0) is 9.47 Å². The number of rotatable bonds is 7. The molecule has 11 heteroatoms. The molecule has 1 aromatic heterocycles. The lowest BCUT2D eigenvalue weighted by molar-refractivity contribution is 0.00997. The Morgan fingerprint density at radius 2 is 1.75 bits per heavy atom. The molecular formula is C29H43N7O4. The summed E-state index contributed by atoms with van der Waals surface area (Å²) in [5.41, 5.74) is 7.35. The highest BCUT2D eigenvalue weighted by Crippen LogP contribution is 2.32. The number of nitrogen functional groups attached to an aromatic ring is 1. The van der Waals surface area contributed by atoms with Crippen LogP contribution in [0.4, 0.5) is 27.2 Å². The maximum atomic E-state index is 12.4. The first-order chi connectivity index (χ1) is 18.8. The van der Waals surface area contributed by atoms with E-state index in [1.54, 1.807) is 11.0 Å². The first kappa shape index (κ1) is 29.4. The van der Waals surface area contributed by atoms with Crippen LogP contribution in [0.3, 0.4) is 0 Å². The van der Waals surface area contributed by atoms with E-state index in [1.165, 1.54) is 10.5 Å². The minimum Gasteiger partial charge on any atom is -0.447 e. The summed E-state index contributed by atoms with van der Waals surface area (Å²) < 4.78 is 10.8. The SMILES string of the molecule is CCC(c1ccc([C@H](C)Nc2nc(N)cc(N3C(=O)OCC3(C)C)n2)cc1)N1CCN(C(=O)OC(C)(C)C)CC1. The maximum absolute atomic E-state index is 12.4. The second kappa shape index (κ2) is 11.5. The van der Waals surface area contributed by atoms with Crippen LogP contribution in [0, 0.1) is 0 Å². The molecule has 0 radical (unpaired) electrons. The normalized spacial score (nSPS) is 19.2. The van der Waals surface area contributed by atoms with Crippen LogP contribution in [0.5, 0.6) is 0 Å². The maximum Gasteiger partial charge on any atom is 0.416 e. The van der Waals surface area contributed by atoms with Crippen molar-refractivity contribution in [1.82, 2.24) is 19.8 Å². The molecule has 2 amide bonds. The van der Waals surface area contributed by atoms with Crippen molar-refractivity contribution in [2.75, 3.05) is 48.7 Å². The summed E-state index contributed by atoms with van der Waals surface area (Å²) in [5.74, 6) is 1.02. The quantitative estimate of drug-likeness (QED) is 0.489. The van der Waals surface area contributed by atoms with E-state index in [1.807, 2.05) is 41.5 Å². The van der Waals surface area contributed by atoms with Crippen LogP contribution in [0.25, 0.3) is 0 Å². The van der Waals surface area contributed by atoms with Crippen molar-refractivity contribution in [3.05, 3.63) is 41.5 Å². The molecular weight excluding hydrogens is 510 g/mol. The number of anilines is 3. The molecule has 1 unspecified atom stereocenters. The number of piperazine rings is 1. The molecule has 2 fully saturated rings. The van der Waals surface area contributed by atoms with Crippen LogP contribution >= 0.6 is 0 Å². The van der Waals surface area contributed by atoms with Gasteiger partial charge in [0.15, 0.2) is 0 Å². The molecule has 2 saturated heterocycles. The van der Waals surface area contributed by atoms with Crippen molar-refractivity contribution in [3.63, 3.8) is 0 Å². The first-order valence-corrected chi connectivity index (χ1v) is 14.0. The van der Waals surface area contributed by atoms with Crippen molar-refractivity contribution >= 4 is 29.8 Å². The number of amides is 2. The Bertz CT molecular complexity index is 1200. The van der Waals surface area contributed by atoms with Gasteiger partial charge in [0.1, 0.15) is 23.8 Å². The fourth-order valence-electron chi connectivity index (χ4n) is 5.18. The highest BCUT2D eigenvalue weighted by Gasteiger charge is 2.42. The zero-order valence-corrected chi connectivity index (χ0v) is 24.7. The van der Waals surface area contributed by atoms with E-state index < -0.39 is 17.2 Å². The number of carbonyl (C=O) groups excluding carboxylic acids is 2. The van der Waals surface area contributed by atoms with E-state index >= 15 is 0 Å². The molecule has 3 heterocycles. The van der Waals surface area contributed by atoms with Crippen molar-refractivity contribution < 1.29 is 19.1 Å². The molecule has 0 saturated carbocycles. The summed E-state index contributed by atoms with van der Waals surface area (Å²) in [6.07, 6.45) is 0.273. The van der Waals surface area contributed by atoms with Gasteiger partial charge in [-0.25, -0.2) is 9.59 Å². The molecule has 1 aromatic carbocycles. The predicted molar refractivity (Wildman–Crippen MR) is 155 cm³/mol. The molecule has 0 aliphatic carbocycles. The second-order valence-corrected chi connectivity index (χ2v) is 12.1. The second-order valence-electron chi connectivity index (χ2n) is 12.1. The van der Waals surface area contributed by atoms with Gasteiger partial charge in [0.25, 0.3) is 0 Å². The lowest BCUT2D eigenvalue weighted by Gasteiger charge is -2.39. The summed E-state index contributed by atoms with van der Waals surface area (Å²) in [7, 11) is 0. The Kier molecular flexibility index (Phi) is 8.44. The van der Waals surface area contributed by atoms with E-state index in [4.69, 9.17) is 15.2 Å². The van der Waals surface area contributed by atoms with Gasteiger partial charge in [0, 0.05) is 38.3 Å². The molecule has 4 rings (SSSR count). The Labute approximate surface area is 237 Å². The average molecular weight is 554 g/mol. The molecule has 0 spiro atoms. The topological polar surface area (TPSA) is 126 Å². The number of nitrogens with zero attached hydrogens (tertiary/aromatic N) is 5. The third kappa shape index (κ3) is 6.75. The highest BCUT2D eigenvalue weighted by atomic mass is 16.6. The van der Waals surface area contributed by atoms with Gasteiger partial charge in [0.2, 0.25) is 5.95 Å². The van der Waals surface area contributed by atoms with Crippen LogP contribution in [0.15, 0.2) is 30.3 Å². The van der Waals surface area contributed by atoms with Gasteiger partial charge in [0.05, 0.1) is 11.6 Å². The molecule has 11 nitrogen and oxygen atoms in total. The molecule has 3 N–H and O–H groups in total. The number of nitrogens with two attached hydrogens (primary N) is 1. The number of carbonyl (C=O) groups is 2. The number of ether oxygens (including phenoxy) is 2. The van der Waals surface area contributed by atoms with Crippen molar-refractivity contribution in [1.29, 1.82) is 0 Å². The lowest BCUT2D eigenvalue weighted by atomic mass is 9.98. The molecule has 0 bridgehead atoms. The summed E-state index contributed by atoms with van der Waals surface area (Å²) in [6.45, 7) is 16.9. The summed E-state index contributed by atoms with van der Waals surface area (Å²) in [4.78, 5) is 39.4. The van der Waals surface area contributed by atoms with Gasteiger partial charge in [-0.15, -0.1) is 0 Å². The molecule has 2 aromatic rings. The van der Waals surface area contributed by atoms with E-state index in [9.17, 15) is 9.59 Å². The van der Waals surface area contributed by atoms with Gasteiger partial charge in [-0.3, -0.25) is 9.80 Å². The van der Waals surface area contributed by atoms with Crippen molar-refractivity contribution in [3.8, 4) is 0 Å². The smallest absolute Gasteiger partial charge is 0.416 e. The van der Waals surface area contributed by atoms with Crippen LogP contribution in [0.2, 0.25) is 0 Å². The monoisotopic (exact) mass is 553 g/mol. The molecule has 218 valence electrons. The van der Waals surface area contributed by atoms with Gasteiger partial charge >= 0.3 is 12.2 Å². The first-order valence-electron chi connectivity index (χ1n) is 14.0. The standard InChI is InChI=1S/C29H43N7O4/c1-8-22(34-13-15-35(16-14-34)26(37)40-28(3,4)5)21-11-9-20(10-12-21)19(2)31-25-32-23(30)17-24(33-25)36-27(38)39-18-29(36,6)7/h9-12,17,19,22H,8,13-16,18H2,1-7H3,(H3,30,31,32,33)/t19-,22?/m0/s1. The number of cyclic esters (lactones) is 1. The number of hydrogen-bond donors (Lipinski definition) is 2. The van der Waals surface area contributed by atoms with Gasteiger partial charge in [-0.2, -0.15) is 9.97 Å². The molecule has 2 atom stereocenters. The third-order valence-electron chi connectivity index (χ3n) is 7.26. The minimum atomic E-state index is -0.533. The van der Waals surface area contributed by atoms with Crippen LogP contribution < -0.4 is 16.0 Å². The van der Waals surface area contributed by atoms with Gasteiger partial charge < -0.3 is 25.4 Å². The molecule has 2 aliphatic heterocycles. The Morgan fingerprint density at radius 3 is 2.30 bits per heavy atom. The predicted octanol–water partition coefficient (Wildman–Crippen LogP) is 4.97. The minimum absolute atomic E-state index is 0.0975. The summed E-state index contributed by atoms with van der Waals surface area (Å²) in [5, 5.41) is 3.32. The number of nitrogens with one attached hydrogen (secondary N) is 1. The zero-order chi connectivity index (χ0) is 29.2. The van der Waals surface area contributed by atoms with Crippen molar-refractivity contribution in [2.24, 2.45) is 0 Å². The van der Waals surface area contributed by atoms with Crippen LogP contribution in [0.1, 0.15) is 78.1 Å². The third-order valence-corrected chi connectivity index (χ3v) is 7.26. The summed E-state index contributed by atoms with van der Waals surface area (Å²) in [6, 6.07) is 10.3. The largest absolute Gasteiger partial charge is 0.447 e. The van der Waals surface area contributed by atoms with Crippen LogP contribution in [-0.4, -0.2) is 75.9 Å². The fraction of sp³-hybridized carbons (Fsp3) is 0.586. The highest BCUT2D eigenvalue weighted by molar-refractivity contribution is 5.90. The van der Waals surface area contributed by atoms with Gasteiger partial charge in [-0.05, 0) is 59.1 Å². The van der Waals surface area contributed by atoms with E-state index in [-0.39, 0.29) is 30.6 Å². The number of benzene rings is 1. The molecule has 40 heavy (non-hydrogen) atoms.